The Balaban J connectivity index is 0.00000676. The number of hydrogen-bond donors (Lipinski definition) is 1. The number of carbonyl (C=O) groups is 1. The minimum atomic E-state index is -1.36. The average molecular weight is 382 g/mol. The fourth-order valence-corrected chi connectivity index (χ4v) is 2.87. The Bertz CT molecular complexity index is 480. The minimum Gasteiger partial charge on any atom is -0.461 e. The first-order valence-corrected chi connectivity index (χ1v) is 10.2. The quantitative estimate of drug-likeness (QED) is 0.227. The van der Waals surface area contributed by atoms with Gasteiger partial charge < -0.3 is 20.4 Å². The molecule has 0 saturated heterocycles. The molecule has 3 N–H and O–H groups in total. The topological polar surface area (TPSA) is 79.8 Å². The molecule has 1 unspecified atom stereocenters. The minimum absolute atomic E-state index is 0. The molecule has 0 bridgehead atoms. The lowest BCUT2D eigenvalue weighted by Crippen LogP contribution is -2.48. The molecule has 1 aromatic rings. The predicted octanol–water partition coefficient (Wildman–Crippen LogP) is 6.05. The maximum absolute atomic E-state index is 12.6. The molecule has 0 aromatic heterocycles. The molecule has 0 amide bonds. The SMILES string of the molecule is CCCCCCCCCCOC(=O)C(CC)(OCC)Oc1ccccc1.N. The second kappa shape index (κ2) is 15.5. The van der Waals surface area contributed by atoms with E-state index >= 15 is 0 Å². The van der Waals surface area contributed by atoms with Gasteiger partial charge >= 0.3 is 11.8 Å². The Kier molecular flexibility index (Phi) is 14.6. The summed E-state index contributed by atoms with van der Waals surface area (Å²) in [5, 5.41) is 0. The van der Waals surface area contributed by atoms with E-state index in [1.807, 2.05) is 44.2 Å². The van der Waals surface area contributed by atoms with Crippen LogP contribution in [0.5, 0.6) is 5.75 Å². The summed E-state index contributed by atoms with van der Waals surface area (Å²) in [5.74, 6) is -1.20. The summed E-state index contributed by atoms with van der Waals surface area (Å²) >= 11 is 0. The lowest BCUT2D eigenvalue weighted by atomic mass is 10.1. The summed E-state index contributed by atoms with van der Waals surface area (Å²) in [4.78, 5) is 12.6. The summed E-state index contributed by atoms with van der Waals surface area (Å²) in [6.45, 7) is 6.75. The van der Waals surface area contributed by atoms with E-state index in [0.29, 0.717) is 25.4 Å². The van der Waals surface area contributed by atoms with Crippen molar-refractivity contribution in [1.82, 2.24) is 6.15 Å². The van der Waals surface area contributed by atoms with E-state index in [9.17, 15) is 4.79 Å². The van der Waals surface area contributed by atoms with Gasteiger partial charge in [-0.3, -0.25) is 0 Å². The van der Waals surface area contributed by atoms with E-state index in [4.69, 9.17) is 14.2 Å². The fourth-order valence-electron chi connectivity index (χ4n) is 2.87. The molecule has 27 heavy (non-hydrogen) atoms. The summed E-state index contributed by atoms with van der Waals surface area (Å²) in [5.41, 5.74) is 0. The number of benzene rings is 1. The van der Waals surface area contributed by atoms with Gasteiger partial charge in [-0.15, -0.1) is 0 Å². The van der Waals surface area contributed by atoms with Crippen LogP contribution >= 0.6 is 0 Å². The molecule has 1 rings (SSSR count). The fraction of sp³-hybridized carbons (Fsp3) is 0.682. The van der Waals surface area contributed by atoms with Crippen LogP contribution in [0, 0.1) is 0 Å². The molecule has 0 aliphatic carbocycles. The normalized spacial score (nSPS) is 12.7. The maximum Gasteiger partial charge on any atom is 0.379 e. The van der Waals surface area contributed by atoms with Crippen LogP contribution in [0.4, 0.5) is 0 Å². The molecule has 1 aromatic carbocycles. The van der Waals surface area contributed by atoms with Gasteiger partial charge in [0.2, 0.25) is 0 Å². The van der Waals surface area contributed by atoms with Crippen molar-refractivity contribution >= 4 is 5.97 Å². The molecule has 5 heteroatoms. The van der Waals surface area contributed by atoms with Crippen molar-refractivity contribution in [3.05, 3.63) is 30.3 Å². The van der Waals surface area contributed by atoms with Crippen LogP contribution in [0.2, 0.25) is 0 Å². The zero-order valence-corrected chi connectivity index (χ0v) is 17.5. The first-order chi connectivity index (χ1) is 12.7. The summed E-state index contributed by atoms with van der Waals surface area (Å²) in [6, 6.07) is 9.27. The van der Waals surface area contributed by atoms with Crippen LogP contribution in [0.1, 0.15) is 78.6 Å². The first-order valence-electron chi connectivity index (χ1n) is 10.2. The monoisotopic (exact) mass is 381 g/mol. The molecule has 1 atom stereocenters. The van der Waals surface area contributed by atoms with E-state index < -0.39 is 11.8 Å². The Hall–Kier alpha value is -1.59. The summed E-state index contributed by atoms with van der Waals surface area (Å²) in [6.07, 6.45) is 10.1. The van der Waals surface area contributed by atoms with Crippen LogP contribution < -0.4 is 10.9 Å². The smallest absolute Gasteiger partial charge is 0.379 e. The van der Waals surface area contributed by atoms with Crippen molar-refractivity contribution in [3.8, 4) is 5.75 Å². The van der Waals surface area contributed by atoms with E-state index in [2.05, 4.69) is 6.92 Å². The number of esters is 1. The van der Waals surface area contributed by atoms with Gasteiger partial charge in [0.05, 0.1) is 6.61 Å². The Morgan fingerprint density at radius 3 is 2.04 bits per heavy atom. The van der Waals surface area contributed by atoms with Gasteiger partial charge in [0.25, 0.3) is 0 Å². The number of unbranched alkanes of at least 4 members (excludes halogenated alkanes) is 7. The Morgan fingerprint density at radius 1 is 0.889 bits per heavy atom. The second-order valence-electron chi connectivity index (χ2n) is 6.57. The van der Waals surface area contributed by atoms with Crippen LogP contribution in [-0.4, -0.2) is 25.0 Å². The molecule has 0 spiro atoms. The first kappa shape index (κ1) is 25.4. The molecular formula is C22H39NO4. The maximum atomic E-state index is 12.6. The standard InChI is InChI=1S/C22H36O4.H3N/c1-4-7-8-9-10-11-12-16-19-24-21(23)22(5-2,25-6-3)26-20-17-14-13-15-18-20;/h13-15,17-18H,4-12,16,19H2,1-3H3;1H3. The van der Waals surface area contributed by atoms with Crippen LogP contribution in [-0.2, 0) is 14.3 Å². The molecular weight excluding hydrogens is 342 g/mol. The predicted molar refractivity (Wildman–Crippen MR) is 110 cm³/mol. The number of hydrogen-bond acceptors (Lipinski definition) is 5. The lowest BCUT2D eigenvalue weighted by Gasteiger charge is -2.30. The highest BCUT2D eigenvalue weighted by Crippen LogP contribution is 2.24. The van der Waals surface area contributed by atoms with Crippen molar-refractivity contribution in [1.29, 1.82) is 0 Å². The highest BCUT2D eigenvalue weighted by molar-refractivity contribution is 5.78. The van der Waals surface area contributed by atoms with Gasteiger partial charge in [-0.05, 0) is 25.5 Å². The van der Waals surface area contributed by atoms with Gasteiger partial charge in [0.1, 0.15) is 5.75 Å². The van der Waals surface area contributed by atoms with Crippen LogP contribution in [0.15, 0.2) is 30.3 Å². The Labute approximate surface area is 165 Å². The van der Waals surface area contributed by atoms with E-state index in [0.717, 1.165) is 12.8 Å². The molecule has 0 radical (unpaired) electrons. The van der Waals surface area contributed by atoms with Gasteiger partial charge in [-0.1, -0.05) is 77.0 Å². The highest BCUT2D eigenvalue weighted by Gasteiger charge is 2.42. The molecule has 0 aliphatic heterocycles. The van der Waals surface area contributed by atoms with Gasteiger partial charge in [-0.25, -0.2) is 4.79 Å². The van der Waals surface area contributed by atoms with Gasteiger partial charge in [-0.2, -0.15) is 0 Å². The molecule has 5 nitrogen and oxygen atoms in total. The zero-order valence-electron chi connectivity index (χ0n) is 17.5. The third-order valence-corrected chi connectivity index (χ3v) is 4.41. The molecule has 0 saturated carbocycles. The van der Waals surface area contributed by atoms with Crippen molar-refractivity contribution in [3.63, 3.8) is 0 Å². The molecule has 156 valence electrons. The lowest BCUT2D eigenvalue weighted by molar-refractivity contribution is -0.217. The van der Waals surface area contributed by atoms with Crippen LogP contribution in [0.3, 0.4) is 0 Å². The summed E-state index contributed by atoms with van der Waals surface area (Å²) < 4.78 is 17.1. The van der Waals surface area contributed by atoms with Crippen molar-refractivity contribution < 1.29 is 19.0 Å². The molecule has 0 heterocycles. The average Bonchev–Trinajstić information content (AvgIpc) is 2.67. The Morgan fingerprint density at radius 2 is 1.48 bits per heavy atom. The number of carbonyl (C=O) groups excluding carboxylic acids is 1. The third-order valence-electron chi connectivity index (χ3n) is 4.41. The third kappa shape index (κ3) is 9.78. The zero-order chi connectivity index (χ0) is 19.1. The number of rotatable bonds is 15. The largest absolute Gasteiger partial charge is 0.461 e. The molecule has 0 aliphatic rings. The van der Waals surface area contributed by atoms with E-state index in [1.54, 1.807) is 0 Å². The van der Waals surface area contributed by atoms with E-state index in [1.165, 1.54) is 38.5 Å². The van der Waals surface area contributed by atoms with Gasteiger partial charge in [0, 0.05) is 13.0 Å². The number of ether oxygens (including phenoxy) is 3. The van der Waals surface area contributed by atoms with Crippen molar-refractivity contribution in [2.45, 2.75) is 84.3 Å². The van der Waals surface area contributed by atoms with Crippen molar-refractivity contribution in [2.24, 2.45) is 0 Å². The highest BCUT2D eigenvalue weighted by atomic mass is 16.7. The van der Waals surface area contributed by atoms with Crippen molar-refractivity contribution in [2.75, 3.05) is 13.2 Å². The molecule has 0 fully saturated rings. The van der Waals surface area contributed by atoms with E-state index in [-0.39, 0.29) is 6.15 Å². The van der Waals surface area contributed by atoms with Gasteiger partial charge in [0.15, 0.2) is 0 Å². The summed E-state index contributed by atoms with van der Waals surface area (Å²) in [7, 11) is 0. The number of para-hydroxylation sites is 1. The van der Waals surface area contributed by atoms with Crippen LogP contribution in [0.25, 0.3) is 0 Å². The second-order valence-corrected chi connectivity index (χ2v) is 6.57.